The summed E-state index contributed by atoms with van der Waals surface area (Å²) in [5.41, 5.74) is 1.49. The first-order valence-electron chi connectivity index (χ1n) is 4.70. The van der Waals surface area contributed by atoms with Crippen molar-refractivity contribution in [3.63, 3.8) is 0 Å². The van der Waals surface area contributed by atoms with Crippen LogP contribution in [0.4, 0.5) is 10.5 Å². The third kappa shape index (κ3) is 2.10. The lowest BCUT2D eigenvalue weighted by Crippen LogP contribution is -2.12. The molecule has 0 radical (unpaired) electrons. The Morgan fingerprint density at radius 1 is 1.47 bits per heavy atom. The van der Waals surface area contributed by atoms with Crippen molar-refractivity contribution < 1.29 is 13.9 Å². The number of carbonyl (C=O) groups is 1. The van der Waals surface area contributed by atoms with Crippen LogP contribution < -0.4 is 5.32 Å². The number of furan rings is 1. The van der Waals surface area contributed by atoms with Crippen molar-refractivity contribution in [2.45, 2.75) is 6.92 Å². The summed E-state index contributed by atoms with van der Waals surface area (Å²) in [6, 6.07) is 7.24. The summed E-state index contributed by atoms with van der Waals surface area (Å²) < 4.78 is 9.95. The van der Waals surface area contributed by atoms with Crippen LogP contribution in [0.5, 0.6) is 0 Å². The largest absolute Gasteiger partial charge is 0.464 e. The van der Waals surface area contributed by atoms with Crippen molar-refractivity contribution in [1.29, 1.82) is 0 Å². The highest BCUT2D eigenvalue weighted by molar-refractivity contribution is 5.89. The summed E-state index contributed by atoms with van der Waals surface area (Å²) in [6.07, 6.45) is 1.17. The SMILES string of the molecule is CCOC(=O)Nc1ccc2occc2c1. The van der Waals surface area contributed by atoms with Gasteiger partial charge in [0.05, 0.1) is 12.9 Å². The molecule has 0 aliphatic heterocycles. The van der Waals surface area contributed by atoms with E-state index < -0.39 is 6.09 Å². The topological polar surface area (TPSA) is 51.5 Å². The number of benzene rings is 1. The van der Waals surface area contributed by atoms with Crippen LogP contribution in [-0.4, -0.2) is 12.7 Å². The van der Waals surface area contributed by atoms with Crippen molar-refractivity contribution in [3.8, 4) is 0 Å². The average Bonchev–Trinajstić information content (AvgIpc) is 2.65. The minimum Gasteiger partial charge on any atom is -0.464 e. The summed E-state index contributed by atoms with van der Waals surface area (Å²) in [5, 5.41) is 3.57. The van der Waals surface area contributed by atoms with Crippen molar-refractivity contribution in [2.24, 2.45) is 0 Å². The third-order valence-corrected chi connectivity index (χ3v) is 1.97. The molecule has 15 heavy (non-hydrogen) atoms. The first-order chi connectivity index (χ1) is 7.29. The molecule has 0 atom stereocenters. The zero-order valence-corrected chi connectivity index (χ0v) is 8.32. The predicted octanol–water partition coefficient (Wildman–Crippen LogP) is 3.00. The zero-order valence-electron chi connectivity index (χ0n) is 8.32. The normalized spacial score (nSPS) is 10.2. The number of anilines is 1. The molecule has 1 N–H and O–H groups in total. The minimum absolute atomic E-state index is 0.361. The van der Waals surface area contributed by atoms with E-state index in [1.54, 1.807) is 25.3 Å². The number of amides is 1. The standard InChI is InChI=1S/C11H11NO3/c1-2-14-11(13)12-9-3-4-10-8(7-9)5-6-15-10/h3-7H,2H2,1H3,(H,12,13). The minimum atomic E-state index is -0.444. The van der Waals surface area contributed by atoms with Gasteiger partial charge in [-0.05, 0) is 31.2 Å². The summed E-state index contributed by atoms with van der Waals surface area (Å²) in [6.45, 7) is 2.12. The second-order valence-corrected chi connectivity index (χ2v) is 3.02. The zero-order chi connectivity index (χ0) is 10.7. The van der Waals surface area contributed by atoms with E-state index in [0.717, 1.165) is 11.0 Å². The first kappa shape index (κ1) is 9.58. The highest BCUT2D eigenvalue weighted by Crippen LogP contribution is 2.19. The maximum Gasteiger partial charge on any atom is 0.411 e. The molecule has 2 aromatic rings. The summed E-state index contributed by atoms with van der Waals surface area (Å²) in [5.74, 6) is 0. The second kappa shape index (κ2) is 4.04. The molecule has 1 amide bonds. The lowest BCUT2D eigenvalue weighted by atomic mass is 10.2. The molecule has 2 rings (SSSR count). The van der Waals surface area contributed by atoms with Crippen LogP contribution in [-0.2, 0) is 4.74 Å². The molecule has 78 valence electrons. The lowest BCUT2D eigenvalue weighted by molar-refractivity contribution is 0.168. The molecular weight excluding hydrogens is 194 g/mol. The van der Waals surface area contributed by atoms with E-state index in [4.69, 9.17) is 9.15 Å². The Morgan fingerprint density at radius 2 is 2.33 bits per heavy atom. The second-order valence-electron chi connectivity index (χ2n) is 3.02. The number of nitrogens with one attached hydrogen (secondary N) is 1. The van der Waals surface area contributed by atoms with Crippen molar-refractivity contribution in [1.82, 2.24) is 0 Å². The van der Waals surface area contributed by atoms with Crippen LogP contribution in [0.15, 0.2) is 34.9 Å². The highest BCUT2D eigenvalue weighted by atomic mass is 16.5. The van der Waals surface area contributed by atoms with Gasteiger partial charge in [0.2, 0.25) is 0 Å². The van der Waals surface area contributed by atoms with E-state index in [1.165, 1.54) is 0 Å². The summed E-state index contributed by atoms with van der Waals surface area (Å²) in [4.78, 5) is 11.1. The van der Waals surface area contributed by atoms with E-state index in [9.17, 15) is 4.79 Å². The van der Waals surface area contributed by atoms with E-state index in [1.807, 2.05) is 12.1 Å². The lowest BCUT2D eigenvalue weighted by Gasteiger charge is -2.04. The molecule has 0 unspecified atom stereocenters. The van der Waals surface area contributed by atoms with Gasteiger partial charge in [-0.25, -0.2) is 4.79 Å². The molecule has 0 aliphatic carbocycles. The molecule has 4 nitrogen and oxygen atoms in total. The quantitative estimate of drug-likeness (QED) is 0.819. The smallest absolute Gasteiger partial charge is 0.411 e. The van der Waals surface area contributed by atoms with Gasteiger partial charge in [0, 0.05) is 11.1 Å². The molecule has 0 saturated carbocycles. The van der Waals surface area contributed by atoms with Crippen LogP contribution in [0.3, 0.4) is 0 Å². The number of hydrogen-bond acceptors (Lipinski definition) is 3. The Kier molecular flexibility index (Phi) is 2.58. The van der Waals surface area contributed by atoms with Gasteiger partial charge in [-0.3, -0.25) is 5.32 Å². The van der Waals surface area contributed by atoms with Gasteiger partial charge in [-0.2, -0.15) is 0 Å². The number of hydrogen-bond donors (Lipinski definition) is 1. The number of rotatable bonds is 2. The van der Waals surface area contributed by atoms with Crippen LogP contribution in [0, 0.1) is 0 Å². The molecule has 0 fully saturated rings. The Labute approximate surface area is 86.8 Å². The fraction of sp³-hybridized carbons (Fsp3) is 0.182. The Hall–Kier alpha value is -1.97. The van der Waals surface area contributed by atoms with E-state index in [2.05, 4.69) is 5.32 Å². The van der Waals surface area contributed by atoms with Gasteiger partial charge >= 0.3 is 6.09 Å². The summed E-state index contributed by atoms with van der Waals surface area (Å²) >= 11 is 0. The highest BCUT2D eigenvalue weighted by Gasteiger charge is 2.03. The van der Waals surface area contributed by atoms with Crippen LogP contribution in [0.25, 0.3) is 11.0 Å². The van der Waals surface area contributed by atoms with Gasteiger partial charge in [0.1, 0.15) is 5.58 Å². The molecule has 1 aromatic carbocycles. The number of ether oxygens (including phenoxy) is 1. The fourth-order valence-electron chi connectivity index (χ4n) is 1.33. The van der Waals surface area contributed by atoms with Gasteiger partial charge in [-0.1, -0.05) is 0 Å². The van der Waals surface area contributed by atoms with E-state index in [0.29, 0.717) is 12.3 Å². The van der Waals surface area contributed by atoms with Crippen molar-refractivity contribution >= 4 is 22.7 Å². The van der Waals surface area contributed by atoms with Crippen LogP contribution in [0.1, 0.15) is 6.92 Å². The average molecular weight is 205 g/mol. The van der Waals surface area contributed by atoms with Gasteiger partial charge in [0.25, 0.3) is 0 Å². The molecule has 0 bridgehead atoms. The molecule has 0 spiro atoms. The van der Waals surface area contributed by atoms with Gasteiger partial charge in [0.15, 0.2) is 0 Å². The fourth-order valence-corrected chi connectivity index (χ4v) is 1.33. The maximum absolute atomic E-state index is 11.1. The van der Waals surface area contributed by atoms with Crippen molar-refractivity contribution in [2.75, 3.05) is 11.9 Å². The van der Waals surface area contributed by atoms with Gasteiger partial charge in [-0.15, -0.1) is 0 Å². The predicted molar refractivity (Wildman–Crippen MR) is 56.9 cm³/mol. The first-order valence-corrected chi connectivity index (χ1v) is 4.70. The van der Waals surface area contributed by atoms with Crippen molar-refractivity contribution in [3.05, 3.63) is 30.5 Å². The van der Waals surface area contributed by atoms with Crippen LogP contribution >= 0.6 is 0 Å². The Balaban J connectivity index is 2.17. The number of fused-ring (bicyclic) bond motifs is 1. The Bertz CT molecular complexity index is 475. The van der Waals surface area contributed by atoms with Gasteiger partial charge < -0.3 is 9.15 Å². The molecular formula is C11H11NO3. The third-order valence-electron chi connectivity index (χ3n) is 1.97. The molecule has 0 aliphatic rings. The molecule has 4 heteroatoms. The summed E-state index contributed by atoms with van der Waals surface area (Å²) in [7, 11) is 0. The van der Waals surface area contributed by atoms with E-state index in [-0.39, 0.29) is 0 Å². The van der Waals surface area contributed by atoms with E-state index >= 15 is 0 Å². The monoisotopic (exact) mass is 205 g/mol. The van der Waals surface area contributed by atoms with Crippen LogP contribution in [0.2, 0.25) is 0 Å². The maximum atomic E-state index is 11.1. The molecule has 1 aromatic heterocycles. The number of carbonyl (C=O) groups excluding carboxylic acids is 1. The Morgan fingerprint density at radius 3 is 3.13 bits per heavy atom. The molecule has 1 heterocycles. The molecule has 0 saturated heterocycles.